The quantitative estimate of drug-likeness (QED) is 0.744. The molecule has 0 aromatic carbocycles. The topological polar surface area (TPSA) is 67.7 Å². The highest BCUT2D eigenvalue weighted by Crippen LogP contribution is 2.17. The predicted octanol–water partition coefficient (Wildman–Crippen LogP) is 1.92. The molecule has 19 heavy (non-hydrogen) atoms. The Morgan fingerprint density at radius 2 is 2.00 bits per heavy atom. The molecule has 0 aliphatic heterocycles. The number of nitrogens with one attached hydrogen (secondary N) is 2. The van der Waals surface area contributed by atoms with Crippen LogP contribution in [-0.2, 0) is 6.54 Å². The van der Waals surface area contributed by atoms with Gasteiger partial charge in [-0.15, -0.1) is 0 Å². The van der Waals surface area contributed by atoms with Gasteiger partial charge in [0.05, 0.1) is 6.33 Å². The van der Waals surface area contributed by atoms with E-state index in [0.29, 0.717) is 0 Å². The fraction of sp³-hybridized carbons (Fsp3) is 0.462. The molecule has 6 heteroatoms. The largest absolute Gasteiger partial charge is 0.370 e. The Hall–Kier alpha value is -2.11. The maximum atomic E-state index is 4.27. The highest BCUT2D eigenvalue weighted by Gasteiger charge is 2.05. The summed E-state index contributed by atoms with van der Waals surface area (Å²) in [4.78, 5) is 12.5. The van der Waals surface area contributed by atoms with Crippen LogP contribution < -0.4 is 10.6 Å². The fourth-order valence-corrected chi connectivity index (χ4v) is 1.86. The highest BCUT2D eigenvalue weighted by atomic mass is 15.1. The van der Waals surface area contributed by atoms with Crippen molar-refractivity contribution in [3.63, 3.8) is 0 Å². The van der Waals surface area contributed by atoms with Crippen LogP contribution in [0.4, 0.5) is 11.6 Å². The zero-order valence-electron chi connectivity index (χ0n) is 11.4. The smallest absolute Gasteiger partial charge is 0.134 e. The van der Waals surface area contributed by atoms with Crippen molar-refractivity contribution in [1.82, 2.24) is 19.5 Å². The number of rotatable bonds is 7. The minimum atomic E-state index is 0.859. The van der Waals surface area contributed by atoms with Crippen LogP contribution in [-0.4, -0.2) is 32.6 Å². The summed E-state index contributed by atoms with van der Waals surface area (Å²) in [5, 5.41) is 6.57. The van der Waals surface area contributed by atoms with Crippen molar-refractivity contribution in [2.75, 3.05) is 23.7 Å². The van der Waals surface area contributed by atoms with Crippen molar-refractivity contribution in [1.29, 1.82) is 0 Å². The van der Waals surface area contributed by atoms with Gasteiger partial charge in [-0.3, -0.25) is 0 Å². The number of aromatic nitrogens is 4. The van der Waals surface area contributed by atoms with Gasteiger partial charge in [0.1, 0.15) is 18.0 Å². The second-order valence-electron chi connectivity index (χ2n) is 4.31. The van der Waals surface area contributed by atoms with Crippen LogP contribution in [0.15, 0.2) is 25.0 Å². The van der Waals surface area contributed by atoms with E-state index in [1.807, 2.05) is 19.4 Å². The summed E-state index contributed by atoms with van der Waals surface area (Å²) in [5.41, 5.74) is 1.06. The summed E-state index contributed by atoms with van der Waals surface area (Å²) in [6.45, 7) is 6.77. The number of nitrogens with zero attached hydrogens (tertiary/aromatic N) is 4. The van der Waals surface area contributed by atoms with Crippen molar-refractivity contribution in [2.24, 2.45) is 0 Å². The van der Waals surface area contributed by atoms with E-state index in [1.54, 1.807) is 12.5 Å². The molecule has 0 bridgehead atoms. The van der Waals surface area contributed by atoms with E-state index in [9.17, 15) is 0 Å². The van der Waals surface area contributed by atoms with Crippen LogP contribution in [0.25, 0.3) is 0 Å². The minimum absolute atomic E-state index is 0.859. The lowest BCUT2D eigenvalue weighted by atomic mass is 10.3. The number of hydrogen-bond donors (Lipinski definition) is 2. The molecule has 0 spiro atoms. The monoisotopic (exact) mass is 260 g/mol. The molecule has 0 saturated carbocycles. The van der Waals surface area contributed by atoms with Gasteiger partial charge in [-0.05, 0) is 20.3 Å². The van der Waals surface area contributed by atoms with E-state index in [4.69, 9.17) is 0 Å². The number of aryl methyl sites for hydroxylation is 1. The molecule has 0 saturated heterocycles. The van der Waals surface area contributed by atoms with Crippen molar-refractivity contribution in [3.05, 3.63) is 30.6 Å². The van der Waals surface area contributed by atoms with Gasteiger partial charge in [0, 0.05) is 37.6 Å². The van der Waals surface area contributed by atoms with E-state index in [0.717, 1.165) is 43.3 Å². The Balaban J connectivity index is 1.83. The summed E-state index contributed by atoms with van der Waals surface area (Å²) in [6.07, 6.45) is 8.21. The van der Waals surface area contributed by atoms with Crippen molar-refractivity contribution in [3.8, 4) is 0 Å². The normalized spacial score (nSPS) is 10.4. The molecule has 102 valence electrons. The van der Waals surface area contributed by atoms with Crippen LogP contribution in [0.3, 0.4) is 0 Å². The summed E-state index contributed by atoms with van der Waals surface area (Å²) in [5.74, 6) is 1.80. The molecule has 2 N–H and O–H groups in total. The number of hydrogen-bond acceptors (Lipinski definition) is 5. The maximum absolute atomic E-state index is 4.27. The second kappa shape index (κ2) is 6.72. The van der Waals surface area contributed by atoms with E-state index < -0.39 is 0 Å². The first kappa shape index (κ1) is 13.3. The van der Waals surface area contributed by atoms with Gasteiger partial charge in [-0.2, -0.15) is 0 Å². The first-order chi connectivity index (χ1) is 9.31. The molecule has 0 radical (unpaired) electrons. The van der Waals surface area contributed by atoms with Crippen LogP contribution in [0.1, 0.15) is 18.9 Å². The van der Waals surface area contributed by atoms with Gasteiger partial charge in [0.25, 0.3) is 0 Å². The van der Waals surface area contributed by atoms with Gasteiger partial charge < -0.3 is 15.2 Å². The summed E-state index contributed by atoms with van der Waals surface area (Å²) in [7, 11) is 0. The molecular formula is C13H20N6. The van der Waals surface area contributed by atoms with Crippen LogP contribution in [0, 0.1) is 6.92 Å². The van der Waals surface area contributed by atoms with E-state index in [1.165, 1.54) is 0 Å². The van der Waals surface area contributed by atoms with Gasteiger partial charge in [0.2, 0.25) is 0 Å². The Kier molecular flexibility index (Phi) is 4.72. The van der Waals surface area contributed by atoms with Gasteiger partial charge in [-0.25, -0.2) is 15.0 Å². The lowest BCUT2D eigenvalue weighted by molar-refractivity contribution is 0.660. The first-order valence-electron chi connectivity index (χ1n) is 6.56. The molecular weight excluding hydrogens is 240 g/mol. The van der Waals surface area contributed by atoms with Crippen LogP contribution in [0.5, 0.6) is 0 Å². The Morgan fingerprint density at radius 1 is 1.21 bits per heavy atom. The van der Waals surface area contributed by atoms with Gasteiger partial charge in [0.15, 0.2) is 0 Å². The van der Waals surface area contributed by atoms with Gasteiger partial charge >= 0.3 is 0 Å². The predicted molar refractivity (Wildman–Crippen MR) is 76.3 cm³/mol. The number of anilines is 2. The van der Waals surface area contributed by atoms with Gasteiger partial charge in [-0.1, -0.05) is 0 Å². The Labute approximate surface area is 113 Å². The molecule has 0 amide bonds. The molecule has 2 aromatic rings. The summed E-state index contributed by atoms with van der Waals surface area (Å²) in [6, 6.07) is 0. The molecule has 2 heterocycles. The third kappa shape index (κ3) is 3.67. The third-order valence-corrected chi connectivity index (χ3v) is 2.87. The SMILES string of the molecule is CCNc1ncnc(NCCCn2ccnc2)c1C. The lowest BCUT2D eigenvalue weighted by Crippen LogP contribution is -2.10. The van der Waals surface area contributed by atoms with Crippen LogP contribution in [0.2, 0.25) is 0 Å². The fourth-order valence-electron chi connectivity index (χ4n) is 1.86. The molecule has 0 atom stereocenters. The number of imidazole rings is 1. The average molecular weight is 260 g/mol. The van der Waals surface area contributed by atoms with Crippen molar-refractivity contribution in [2.45, 2.75) is 26.8 Å². The minimum Gasteiger partial charge on any atom is -0.370 e. The van der Waals surface area contributed by atoms with Crippen molar-refractivity contribution >= 4 is 11.6 Å². The van der Waals surface area contributed by atoms with E-state index >= 15 is 0 Å². The molecule has 0 unspecified atom stereocenters. The molecule has 0 fully saturated rings. The molecule has 2 rings (SSSR count). The standard InChI is InChI=1S/C13H20N6/c1-3-15-12-11(2)13(18-9-17-12)16-5-4-7-19-8-6-14-10-19/h6,8-10H,3-5,7H2,1-2H3,(H2,15,16,17,18). The highest BCUT2D eigenvalue weighted by molar-refractivity contribution is 5.56. The van der Waals surface area contributed by atoms with E-state index in [2.05, 4.69) is 37.1 Å². The molecule has 6 nitrogen and oxygen atoms in total. The molecule has 0 aliphatic rings. The zero-order chi connectivity index (χ0) is 13.5. The summed E-state index contributed by atoms with van der Waals surface area (Å²) < 4.78 is 2.07. The molecule has 2 aromatic heterocycles. The molecule has 0 aliphatic carbocycles. The maximum Gasteiger partial charge on any atom is 0.134 e. The summed E-state index contributed by atoms with van der Waals surface area (Å²) >= 11 is 0. The Morgan fingerprint density at radius 3 is 2.68 bits per heavy atom. The van der Waals surface area contributed by atoms with Crippen molar-refractivity contribution < 1.29 is 0 Å². The third-order valence-electron chi connectivity index (χ3n) is 2.87. The van der Waals surface area contributed by atoms with E-state index in [-0.39, 0.29) is 0 Å². The Bertz CT molecular complexity index is 494. The second-order valence-corrected chi connectivity index (χ2v) is 4.31. The average Bonchev–Trinajstić information content (AvgIpc) is 2.92. The van der Waals surface area contributed by atoms with Crippen LogP contribution >= 0.6 is 0 Å². The zero-order valence-corrected chi connectivity index (χ0v) is 11.4. The lowest BCUT2D eigenvalue weighted by Gasteiger charge is -2.11. The first-order valence-corrected chi connectivity index (χ1v) is 6.56.